The van der Waals surface area contributed by atoms with E-state index in [1.54, 1.807) is 6.20 Å². The highest BCUT2D eigenvalue weighted by Crippen LogP contribution is 2.42. The van der Waals surface area contributed by atoms with Crippen molar-refractivity contribution >= 4 is 22.7 Å². The number of alkyl halides is 5. The van der Waals surface area contributed by atoms with Crippen molar-refractivity contribution < 1.29 is 22.0 Å². The quantitative estimate of drug-likeness (QED) is 0.561. The Balaban J connectivity index is 1.30. The van der Waals surface area contributed by atoms with Crippen LogP contribution in [-0.4, -0.2) is 62.3 Å². The molecule has 32 heavy (non-hydrogen) atoms. The first kappa shape index (κ1) is 20.8. The van der Waals surface area contributed by atoms with Gasteiger partial charge in [-0.25, -0.2) is 33.4 Å². The molecule has 0 amide bonds. The lowest BCUT2D eigenvalue weighted by atomic mass is 9.86. The molecule has 0 aliphatic carbocycles. The summed E-state index contributed by atoms with van der Waals surface area (Å²) in [6.07, 6.45) is 0.0921. The molecule has 170 valence electrons. The Bertz CT molecular complexity index is 1120. The molecular weight excluding hydrogens is 435 g/mol. The van der Waals surface area contributed by atoms with Crippen LogP contribution < -0.4 is 9.80 Å². The molecule has 0 aromatic carbocycles. The minimum Gasteiger partial charge on any atom is -0.368 e. The Morgan fingerprint density at radius 3 is 2.31 bits per heavy atom. The second kappa shape index (κ2) is 7.48. The summed E-state index contributed by atoms with van der Waals surface area (Å²) in [5.41, 5.74) is 1.28. The molecule has 0 unspecified atom stereocenters. The van der Waals surface area contributed by atoms with Gasteiger partial charge in [-0.3, -0.25) is 0 Å². The van der Waals surface area contributed by atoms with Gasteiger partial charge in [0.05, 0.1) is 30.5 Å². The molecule has 2 aliphatic heterocycles. The van der Waals surface area contributed by atoms with Crippen LogP contribution >= 0.6 is 0 Å². The maximum Gasteiger partial charge on any atom is 0.451 e. The molecule has 13 heteroatoms. The van der Waals surface area contributed by atoms with Crippen LogP contribution in [0, 0.1) is 5.41 Å². The molecule has 0 radical (unpaired) electrons. The van der Waals surface area contributed by atoms with Gasteiger partial charge in [-0.05, 0) is 12.8 Å². The third kappa shape index (κ3) is 3.79. The lowest BCUT2D eigenvalue weighted by molar-refractivity contribution is -0.144. The van der Waals surface area contributed by atoms with Crippen LogP contribution in [0.3, 0.4) is 0 Å². The van der Waals surface area contributed by atoms with Crippen LogP contribution in [0.25, 0.3) is 11.2 Å². The monoisotopic (exact) mass is 454 g/mol. The van der Waals surface area contributed by atoms with Crippen LogP contribution in [0.15, 0.2) is 24.8 Å². The molecule has 3 aromatic heterocycles. The Hall–Kier alpha value is -3.12. The standard InChI is InChI=1S/C19H19F5N8/c20-14(21)9-32-16-13(7-28-32)25-8-15(29-16)31-4-2-18(11-31)1-3-30(10-18)12-5-26-17(27-6-12)19(22,23)24/h5-8,14H,1-4,9-11H2/t18-/m0/s1. The van der Waals surface area contributed by atoms with Crippen molar-refractivity contribution in [2.45, 2.75) is 32.0 Å². The smallest absolute Gasteiger partial charge is 0.368 e. The topological polar surface area (TPSA) is 75.9 Å². The maximum atomic E-state index is 12.8. The molecule has 0 saturated carbocycles. The van der Waals surface area contributed by atoms with Crippen molar-refractivity contribution in [3.8, 4) is 0 Å². The summed E-state index contributed by atoms with van der Waals surface area (Å²) < 4.78 is 64.9. The predicted octanol–water partition coefficient (Wildman–Crippen LogP) is 3.01. The van der Waals surface area contributed by atoms with E-state index in [2.05, 4.69) is 29.9 Å². The van der Waals surface area contributed by atoms with E-state index in [-0.39, 0.29) is 5.41 Å². The summed E-state index contributed by atoms with van der Waals surface area (Å²) >= 11 is 0. The summed E-state index contributed by atoms with van der Waals surface area (Å²) in [6.45, 7) is 2.22. The van der Waals surface area contributed by atoms with Gasteiger partial charge in [-0.2, -0.15) is 18.3 Å². The largest absolute Gasteiger partial charge is 0.451 e. The fourth-order valence-corrected chi connectivity index (χ4v) is 4.51. The summed E-state index contributed by atoms with van der Waals surface area (Å²) in [6, 6.07) is 0. The molecule has 0 N–H and O–H groups in total. The van der Waals surface area contributed by atoms with Gasteiger partial charge in [0.1, 0.15) is 17.9 Å². The van der Waals surface area contributed by atoms with Gasteiger partial charge in [0.15, 0.2) is 5.65 Å². The van der Waals surface area contributed by atoms with Gasteiger partial charge in [0.25, 0.3) is 6.43 Å². The van der Waals surface area contributed by atoms with Crippen molar-refractivity contribution in [2.75, 3.05) is 36.0 Å². The highest BCUT2D eigenvalue weighted by Gasteiger charge is 2.44. The Labute approximate surface area is 179 Å². The van der Waals surface area contributed by atoms with Gasteiger partial charge in [0, 0.05) is 31.6 Å². The van der Waals surface area contributed by atoms with E-state index in [1.165, 1.54) is 18.6 Å². The fourth-order valence-electron chi connectivity index (χ4n) is 4.51. The molecule has 0 bridgehead atoms. The molecule has 1 atom stereocenters. The number of halogens is 5. The SMILES string of the molecule is FC(F)Cn1ncc2ncc(N3CC[C@]4(CCN(c5cnc(C(F)(F)F)nc5)C4)C3)nc21. The molecule has 1 spiro atoms. The second-order valence-corrected chi connectivity index (χ2v) is 8.26. The van der Waals surface area contributed by atoms with Crippen molar-refractivity contribution in [1.29, 1.82) is 0 Å². The zero-order valence-corrected chi connectivity index (χ0v) is 16.8. The van der Waals surface area contributed by atoms with E-state index in [9.17, 15) is 22.0 Å². The number of anilines is 2. The molecule has 3 aromatic rings. The Morgan fingerprint density at radius 1 is 0.938 bits per heavy atom. The third-order valence-electron chi connectivity index (χ3n) is 6.10. The molecule has 8 nitrogen and oxygen atoms in total. The first-order chi connectivity index (χ1) is 15.2. The highest BCUT2D eigenvalue weighted by atomic mass is 19.4. The van der Waals surface area contributed by atoms with E-state index in [1.807, 2.05) is 4.90 Å². The van der Waals surface area contributed by atoms with Gasteiger partial charge in [-0.15, -0.1) is 0 Å². The summed E-state index contributed by atoms with van der Waals surface area (Å²) in [5.74, 6) is -0.552. The Kier molecular flexibility index (Phi) is 4.86. The zero-order chi connectivity index (χ0) is 22.5. The minimum absolute atomic E-state index is 0.0530. The van der Waals surface area contributed by atoms with E-state index in [0.29, 0.717) is 42.3 Å². The lowest BCUT2D eigenvalue weighted by Crippen LogP contribution is -2.31. The Morgan fingerprint density at radius 2 is 1.62 bits per heavy atom. The van der Waals surface area contributed by atoms with Gasteiger partial charge in [-0.1, -0.05) is 0 Å². The van der Waals surface area contributed by atoms with E-state index in [4.69, 9.17) is 0 Å². The highest BCUT2D eigenvalue weighted by molar-refractivity contribution is 5.71. The van der Waals surface area contributed by atoms with Crippen molar-refractivity contribution in [3.05, 3.63) is 30.6 Å². The molecule has 2 aliphatic rings. The first-order valence-electron chi connectivity index (χ1n) is 10.1. The number of rotatable bonds is 4. The lowest BCUT2D eigenvalue weighted by Gasteiger charge is -2.25. The van der Waals surface area contributed by atoms with Crippen LogP contribution in [-0.2, 0) is 12.7 Å². The van der Waals surface area contributed by atoms with E-state index in [0.717, 1.165) is 24.1 Å². The zero-order valence-electron chi connectivity index (χ0n) is 16.8. The average molecular weight is 454 g/mol. The van der Waals surface area contributed by atoms with Crippen LogP contribution in [0.2, 0.25) is 0 Å². The number of nitrogens with zero attached hydrogens (tertiary/aromatic N) is 8. The summed E-state index contributed by atoms with van der Waals surface area (Å²) in [7, 11) is 0. The number of aromatic nitrogens is 6. The van der Waals surface area contributed by atoms with Gasteiger partial charge in [0.2, 0.25) is 5.82 Å². The van der Waals surface area contributed by atoms with E-state index < -0.39 is 25.0 Å². The summed E-state index contributed by atoms with van der Waals surface area (Å²) in [4.78, 5) is 19.8. The fraction of sp³-hybridized carbons (Fsp3) is 0.526. The number of hydrogen-bond donors (Lipinski definition) is 0. The van der Waals surface area contributed by atoms with E-state index >= 15 is 0 Å². The minimum atomic E-state index is -4.57. The molecule has 2 saturated heterocycles. The van der Waals surface area contributed by atoms with Crippen molar-refractivity contribution in [1.82, 2.24) is 29.7 Å². The van der Waals surface area contributed by atoms with Crippen molar-refractivity contribution in [2.24, 2.45) is 5.41 Å². The molecule has 5 rings (SSSR count). The number of fused-ring (bicyclic) bond motifs is 1. The van der Waals surface area contributed by atoms with Crippen LogP contribution in [0.4, 0.5) is 33.5 Å². The van der Waals surface area contributed by atoms with Crippen LogP contribution in [0.5, 0.6) is 0 Å². The predicted molar refractivity (Wildman–Crippen MR) is 104 cm³/mol. The third-order valence-corrected chi connectivity index (χ3v) is 6.10. The summed E-state index contributed by atoms with van der Waals surface area (Å²) in [5, 5.41) is 3.94. The molecule has 5 heterocycles. The first-order valence-corrected chi connectivity index (χ1v) is 10.1. The second-order valence-electron chi connectivity index (χ2n) is 8.26. The number of hydrogen-bond acceptors (Lipinski definition) is 7. The van der Waals surface area contributed by atoms with Gasteiger partial charge >= 0.3 is 6.18 Å². The van der Waals surface area contributed by atoms with Gasteiger partial charge < -0.3 is 9.80 Å². The molecular formula is C19H19F5N8. The van der Waals surface area contributed by atoms with Crippen molar-refractivity contribution in [3.63, 3.8) is 0 Å². The normalized spacial score (nSPS) is 21.6. The van der Waals surface area contributed by atoms with Crippen LogP contribution in [0.1, 0.15) is 18.7 Å². The molecule has 2 fully saturated rings. The maximum absolute atomic E-state index is 12.8. The average Bonchev–Trinajstić information content (AvgIpc) is 3.47.